The number of rotatable bonds is 7. The van der Waals surface area contributed by atoms with Crippen LogP contribution in [0.4, 0.5) is 5.82 Å². The molecule has 1 saturated carbocycles. The third-order valence-corrected chi connectivity index (χ3v) is 4.56. The van der Waals surface area contributed by atoms with Crippen LogP contribution in [0.3, 0.4) is 0 Å². The van der Waals surface area contributed by atoms with Crippen molar-refractivity contribution >= 4 is 5.82 Å². The fraction of sp³-hybridized carbons (Fsp3) is 0.722. The van der Waals surface area contributed by atoms with Crippen LogP contribution in [0.15, 0.2) is 6.07 Å². The summed E-state index contributed by atoms with van der Waals surface area (Å²) in [5.74, 6) is 1.23. The van der Waals surface area contributed by atoms with Crippen molar-refractivity contribution in [1.29, 1.82) is 0 Å². The molecule has 0 saturated heterocycles. The second-order valence-electron chi connectivity index (χ2n) is 6.28. The van der Waals surface area contributed by atoms with Crippen molar-refractivity contribution in [1.82, 2.24) is 10.3 Å². The first-order chi connectivity index (χ1) is 10.2. The molecule has 0 atom stereocenters. The summed E-state index contributed by atoms with van der Waals surface area (Å²) in [6.07, 6.45) is 6.56. The first-order valence-corrected chi connectivity index (χ1v) is 8.61. The molecule has 118 valence electrons. The van der Waals surface area contributed by atoms with Crippen molar-refractivity contribution in [3.8, 4) is 0 Å². The van der Waals surface area contributed by atoms with Crippen molar-refractivity contribution in [3.63, 3.8) is 0 Å². The van der Waals surface area contributed by atoms with Crippen LogP contribution < -0.4 is 10.2 Å². The summed E-state index contributed by atoms with van der Waals surface area (Å²) >= 11 is 0. The summed E-state index contributed by atoms with van der Waals surface area (Å²) in [5.41, 5.74) is 3.90. The van der Waals surface area contributed by atoms with E-state index in [2.05, 4.69) is 44.0 Å². The summed E-state index contributed by atoms with van der Waals surface area (Å²) in [6, 6.07) is 2.91. The molecule has 0 aliphatic heterocycles. The van der Waals surface area contributed by atoms with E-state index in [4.69, 9.17) is 4.98 Å². The Morgan fingerprint density at radius 3 is 2.57 bits per heavy atom. The molecule has 1 aliphatic carbocycles. The Morgan fingerprint density at radius 2 is 1.95 bits per heavy atom. The summed E-state index contributed by atoms with van der Waals surface area (Å²) in [7, 11) is 0. The average molecular weight is 289 g/mol. The maximum absolute atomic E-state index is 4.91. The van der Waals surface area contributed by atoms with Gasteiger partial charge in [0.1, 0.15) is 5.82 Å². The van der Waals surface area contributed by atoms with E-state index in [1.54, 1.807) is 0 Å². The van der Waals surface area contributed by atoms with Crippen LogP contribution in [-0.2, 0) is 6.54 Å². The van der Waals surface area contributed by atoms with Crippen LogP contribution in [0.2, 0.25) is 0 Å². The highest BCUT2D eigenvalue weighted by Gasteiger charge is 2.25. The molecule has 3 heteroatoms. The minimum atomic E-state index is 0.689. The Kier molecular flexibility index (Phi) is 6.04. The van der Waals surface area contributed by atoms with E-state index in [0.717, 1.165) is 25.3 Å². The Labute approximate surface area is 130 Å². The molecule has 1 aliphatic rings. The van der Waals surface area contributed by atoms with Crippen LogP contribution in [-0.4, -0.2) is 24.1 Å². The molecule has 1 aromatic heterocycles. The molecule has 3 nitrogen and oxygen atoms in total. The Balaban J connectivity index is 2.29. The molecule has 0 spiro atoms. The molecule has 0 amide bonds. The fourth-order valence-corrected chi connectivity index (χ4v) is 3.49. The molecule has 0 unspecified atom stereocenters. The van der Waals surface area contributed by atoms with Gasteiger partial charge in [-0.1, -0.05) is 19.8 Å². The normalized spacial score (nSPS) is 15.6. The number of hydrogen-bond acceptors (Lipinski definition) is 3. The summed E-state index contributed by atoms with van der Waals surface area (Å²) in [6.45, 7) is 11.9. The first kappa shape index (κ1) is 16.3. The molecule has 21 heavy (non-hydrogen) atoms. The molecule has 2 rings (SSSR count). The number of nitrogens with zero attached hydrogens (tertiary/aromatic N) is 2. The lowest BCUT2D eigenvalue weighted by molar-refractivity contribution is 0.602. The van der Waals surface area contributed by atoms with Crippen molar-refractivity contribution in [2.45, 2.75) is 72.4 Å². The molecule has 0 bridgehead atoms. The van der Waals surface area contributed by atoms with Crippen LogP contribution in [0.5, 0.6) is 0 Å². The van der Waals surface area contributed by atoms with Gasteiger partial charge in [-0.25, -0.2) is 4.98 Å². The average Bonchev–Trinajstić information content (AvgIpc) is 2.96. The van der Waals surface area contributed by atoms with E-state index in [9.17, 15) is 0 Å². The molecule has 0 aromatic carbocycles. The van der Waals surface area contributed by atoms with Gasteiger partial charge in [0.2, 0.25) is 0 Å². The van der Waals surface area contributed by atoms with Gasteiger partial charge in [-0.15, -0.1) is 0 Å². The second-order valence-corrected chi connectivity index (χ2v) is 6.28. The van der Waals surface area contributed by atoms with E-state index in [-0.39, 0.29) is 0 Å². The van der Waals surface area contributed by atoms with Crippen LogP contribution in [0.1, 0.15) is 62.8 Å². The highest BCUT2D eigenvalue weighted by molar-refractivity contribution is 5.52. The molecular formula is C18H31N3. The fourth-order valence-electron chi connectivity index (χ4n) is 3.49. The number of hydrogen-bond donors (Lipinski definition) is 1. The smallest absolute Gasteiger partial charge is 0.133 e. The zero-order valence-corrected chi connectivity index (χ0v) is 14.2. The maximum Gasteiger partial charge on any atom is 0.133 e. The van der Waals surface area contributed by atoms with Crippen molar-refractivity contribution in [2.24, 2.45) is 0 Å². The zero-order valence-electron chi connectivity index (χ0n) is 14.2. The highest BCUT2D eigenvalue weighted by Crippen LogP contribution is 2.30. The predicted molar refractivity (Wildman–Crippen MR) is 91.0 cm³/mol. The van der Waals surface area contributed by atoms with Crippen molar-refractivity contribution in [3.05, 3.63) is 22.9 Å². The van der Waals surface area contributed by atoms with Crippen LogP contribution in [0.25, 0.3) is 0 Å². The third-order valence-electron chi connectivity index (χ3n) is 4.56. The summed E-state index contributed by atoms with van der Waals surface area (Å²) in [5, 5.41) is 3.55. The number of aromatic nitrogens is 1. The van der Waals surface area contributed by atoms with Crippen LogP contribution in [0, 0.1) is 13.8 Å². The van der Waals surface area contributed by atoms with Gasteiger partial charge in [0.05, 0.1) is 0 Å². The van der Waals surface area contributed by atoms with Gasteiger partial charge in [0.15, 0.2) is 0 Å². The Hall–Kier alpha value is -1.09. The molecule has 1 heterocycles. The van der Waals surface area contributed by atoms with Crippen LogP contribution >= 0.6 is 0 Å². The van der Waals surface area contributed by atoms with E-state index in [1.165, 1.54) is 49.0 Å². The van der Waals surface area contributed by atoms with Gasteiger partial charge in [0.25, 0.3) is 0 Å². The van der Waals surface area contributed by atoms with Gasteiger partial charge in [-0.3, -0.25) is 0 Å². The monoisotopic (exact) mass is 289 g/mol. The number of aryl methyl sites for hydroxylation is 2. The Bertz CT molecular complexity index is 450. The number of nitrogens with one attached hydrogen (secondary N) is 1. The SMILES string of the molecule is CCCNCc1c(C)cc(C)nc1N(CC)C1CCCC1. The van der Waals surface area contributed by atoms with E-state index in [0.29, 0.717) is 6.04 Å². The molecular weight excluding hydrogens is 258 g/mol. The first-order valence-electron chi connectivity index (χ1n) is 8.61. The van der Waals surface area contributed by atoms with E-state index >= 15 is 0 Å². The van der Waals surface area contributed by atoms with Crippen molar-refractivity contribution < 1.29 is 0 Å². The topological polar surface area (TPSA) is 28.2 Å². The van der Waals surface area contributed by atoms with Gasteiger partial charge in [-0.2, -0.15) is 0 Å². The number of pyridine rings is 1. The minimum Gasteiger partial charge on any atom is -0.354 e. The molecule has 1 N–H and O–H groups in total. The standard InChI is InChI=1S/C18H31N3/c1-5-11-19-13-17-14(3)12-15(4)20-18(17)21(6-2)16-9-7-8-10-16/h12,16,19H,5-11,13H2,1-4H3. The summed E-state index contributed by atoms with van der Waals surface area (Å²) in [4.78, 5) is 7.47. The number of anilines is 1. The largest absolute Gasteiger partial charge is 0.354 e. The van der Waals surface area contributed by atoms with Gasteiger partial charge in [0, 0.05) is 30.4 Å². The quantitative estimate of drug-likeness (QED) is 0.770. The molecule has 1 aromatic rings. The third kappa shape index (κ3) is 3.97. The lowest BCUT2D eigenvalue weighted by Crippen LogP contribution is -2.35. The predicted octanol–water partition coefficient (Wildman–Crippen LogP) is 3.97. The van der Waals surface area contributed by atoms with Crippen molar-refractivity contribution in [2.75, 3.05) is 18.0 Å². The minimum absolute atomic E-state index is 0.689. The maximum atomic E-state index is 4.91. The van der Waals surface area contributed by atoms with Gasteiger partial charge >= 0.3 is 0 Å². The molecule has 1 fully saturated rings. The lowest BCUT2D eigenvalue weighted by Gasteiger charge is -2.31. The lowest BCUT2D eigenvalue weighted by atomic mass is 10.1. The highest BCUT2D eigenvalue weighted by atomic mass is 15.2. The van der Waals surface area contributed by atoms with Gasteiger partial charge in [-0.05, 0) is 58.2 Å². The van der Waals surface area contributed by atoms with Gasteiger partial charge < -0.3 is 10.2 Å². The van der Waals surface area contributed by atoms with E-state index < -0.39 is 0 Å². The van der Waals surface area contributed by atoms with E-state index in [1.807, 2.05) is 0 Å². The Morgan fingerprint density at radius 1 is 1.24 bits per heavy atom. The zero-order chi connectivity index (χ0) is 15.2. The molecule has 0 radical (unpaired) electrons. The summed E-state index contributed by atoms with van der Waals surface area (Å²) < 4.78 is 0. The second kappa shape index (κ2) is 7.79.